The number of hydrogen-bond donors (Lipinski definition) is 2. The van der Waals surface area contributed by atoms with E-state index < -0.39 is 6.10 Å². The Morgan fingerprint density at radius 2 is 1.94 bits per heavy atom. The Kier molecular flexibility index (Phi) is 3.99. The average Bonchev–Trinajstić information content (AvgIpc) is 2.33. The van der Waals surface area contributed by atoms with Crippen LogP contribution >= 0.6 is 15.9 Å². The molecule has 0 heterocycles. The molecule has 0 aromatic heterocycles. The lowest BCUT2D eigenvalue weighted by molar-refractivity contribution is 0.179. The first-order valence-electron chi connectivity index (χ1n) is 5.54. The minimum absolute atomic E-state index is 0.306. The summed E-state index contributed by atoms with van der Waals surface area (Å²) in [4.78, 5) is 0. The molecule has 2 aromatic carbocycles. The first kappa shape index (κ1) is 13.1. The summed E-state index contributed by atoms with van der Waals surface area (Å²) in [7, 11) is 0. The van der Waals surface area contributed by atoms with E-state index in [-0.39, 0.29) is 5.82 Å². The highest BCUT2D eigenvalue weighted by Gasteiger charge is 2.13. The van der Waals surface area contributed by atoms with Crippen molar-refractivity contribution < 1.29 is 9.50 Å². The molecule has 0 aliphatic heterocycles. The van der Waals surface area contributed by atoms with Crippen LogP contribution in [-0.4, -0.2) is 5.11 Å². The highest BCUT2D eigenvalue weighted by Crippen LogP contribution is 2.27. The van der Waals surface area contributed by atoms with Crippen molar-refractivity contribution in [3.63, 3.8) is 0 Å². The maximum atomic E-state index is 13.0. The Hall–Kier alpha value is -1.39. The quantitative estimate of drug-likeness (QED) is 0.853. The van der Waals surface area contributed by atoms with E-state index in [2.05, 4.69) is 15.9 Å². The molecule has 0 bridgehead atoms. The number of hydrogen-bond acceptors (Lipinski definition) is 2. The summed E-state index contributed by atoms with van der Waals surface area (Å²) in [5.41, 5.74) is 7.89. The van der Waals surface area contributed by atoms with Crippen LogP contribution in [-0.2, 0) is 6.42 Å². The van der Waals surface area contributed by atoms with Crippen molar-refractivity contribution in [3.8, 4) is 0 Å². The van der Waals surface area contributed by atoms with Gasteiger partial charge in [0, 0.05) is 22.1 Å². The molecule has 94 valence electrons. The van der Waals surface area contributed by atoms with Crippen molar-refractivity contribution in [2.45, 2.75) is 12.5 Å². The van der Waals surface area contributed by atoms with Gasteiger partial charge in [-0.05, 0) is 23.8 Å². The van der Waals surface area contributed by atoms with Gasteiger partial charge < -0.3 is 10.8 Å². The summed E-state index contributed by atoms with van der Waals surface area (Å²) in [5, 5.41) is 10.2. The van der Waals surface area contributed by atoms with Gasteiger partial charge in [-0.2, -0.15) is 0 Å². The molecule has 18 heavy (non-hydrogen) atoms. The van der Waals surface area contributed by atoms with Gasteiger partial charge in [-0.1, -0.05) is 40.2 Å². The van der Waals surface area contributed by atoms with Gasteiger partial charge in [-0.25, -0.2) is 4.39 Å². The predicted molar refractivity (Wildman–Crippen MR) is 73.6 cm³/mol. The number of nitrogen functional groups attached to an aromatic ring is 1. The summed E-state index contributed by atoms with van der Waals surface area (Å²) in [6.07, 6.45) is -0.317. The summed E-state index contributed by atoms with van der Waals surface area (Å²) < 4.78 is 13.6. The molecule has 1 unspecified atom stereocenters. The van der Waals surface area contributed by atoms with E-state index in [1.807, 2.05) is 12.1 Å². The molecule has 0 saturated carbocycles. The topological polar surface area (TPSA) is 46.2 Å². The van der Waals surface area contributed by atoms with Crippen molar-refractivity contribution in [3.05, 3.63) is 63.9 Å². The Balaban J connectivity index is 2.21. The zero-order chi connectivity index (χ0) is 13.1. The molecule has 2 rings (SSSR count). The zero-order valence-electron chi connectivity index (χ0n) is 9.61. The summed E-state index contributed by atoms with van der Waals surface area (Å²) in [6.45, 7) is 0. The molecule has 0 spiro atoms. The van der Waals surface area contributed by atoms with Gasteiger partial charge in [0.25, 0.3) is 0 Å². The summed E-state index contributed by atoms with van der Waals surface area (Å²) >= 11 is 3.28. The minimum atomic E-state index is -0.701. The molecule has 0 fully saturated rings. The summed E-state index contributed by atoms with van der Waals surface area (Å²) in [5.74, 6) is -0.306. The van der Waals surface area contributed by atoms with Crippen LogP contribution < -0.4 is 5.73 Å². The zero-order valence-corrected chi connectivity index (χ0v) is 11.2. The average molecular weight is 310 g/mol. The van der Waals surface area contributed by atoms with E-state index in [1.54, 1.807) is 18.2 Å². The lowest BCUT2D eigenvalue weighted by Gasteiger charge is -2.14. The number of benzene rings is 2. The monoisotopic (exact) mass is 309 g/mol. The Morgan fingerprint density at radius 1 is 1.22 bits per heavy atom. The molecular weight excluding hydrogens is 297 g/mol. The largest absolute Gasteiger partial charge is 0.398 e. The molecule has 2 nitrogen and oxygen atoms in total. The Bertz CT molecular complexity index is 559. The van der Waals surface area contributed by atoms with Crippen molar-refractivity contribution in [2.75, 3.05) is 5.73 Å². The van der Waals surface area contributed by atoms with Gasteiger partial charge in [0.2, 0.25) is 0 Å². The van der Waals surface area contributed by atoms with Crippen molar-refractivity contribution in [1.29, 1.82) is 0 Å². The highest BCUT2D eigenvalue weighted by molar-refractivity contribution is 9.10. The number of halogens is 2. The number of anilines is 1. The van der Waals surface area contributed by atoms with Crippen LogP contribution in [0.15, 0.2) is 46.9 Å². The third-order valence-electron chi connectivity index (χ3n) is 2.78. The molecule has 1 atom stereocenters. The van der Waals surface area contributed by atoms with Crippen molar-refractivity contribution in [2.24, 2.45) is 0 Å². The van der Waals surface area contributed by atoms with E-state index in [4.69, 9.17) is 5.73 Å². The van der Waals surface area contributed by atoms with E-state index in [0.29, 0.717) is 22.1 Å². The third kappa shape index (κ3) is 2.89. The smallest absolute Gasteiger partial charge is 0.124 e. The number of aliphatic hydroxyl groups excluding tert-OH is 1. The Morgan fingerprint density at radius 3 is 2.61 bits per heavy atom. The lowest BCUT2D eigenvalue weighted by Crippen LogP contribution is -2.05. The normalized spacial score (nSPS) is 12.4. The number of rotatable bonds is 3. The van der Waals surface area contributed by atoms with Crippen LogP contribution in [0.1, 0.15) is 17.2 Å². The van der Waals surface area contributed by atoms with E-state index in [1.165, 1.54) is 12.1 Å². The lowest BCUT2D eigenvalue weighted by atomic mass is 10.00. The van der Waals surface area contributed by atoms with Crippen molar-refractivity contribution in [1.82, 2.24) is 0 Å². The molecule has 2 aromatic rings. The Labute approximate surface area is 113 Å². The van der Waals surface area contributed by atoms with Crippen LogP contribution in [0.4, 0.5) is 10.1 Å². The number of para-hydroxylation sites is 1. The highest BCUT2D eigenvalue weighted by atomic mass is 79.9. The number of nitrogens with two attached hydrogens (primary N) is 1. The van der Waals surface area contributed by atoms with Crippen LogP contribution in [0, 0.1) is 5.82 Å². The fourth-order valence-corrected chi connectivity index (χ4v) is 2.33. The van der Waals surface area contributed by atoms with E-state index >= 15 is 0 Å². The molecule has 0 saturated heterocycles. The fourth-order valence-electron chi connectivity index (χ4n) is 1.82. The second-order valence-corrected chi connectivity index (χ2v) is 4.94. The first-order valence-corrected chi connectivity index (χ1v) is 6.33. The second-order valence-electron chi connectivity index (χ2n) is 4.08. The van der Waals surface area contributed by atoms with Gasteiger partial charge in [0.1, 0.15) is 5.82 Å². The summed E-state index contributed by atoms with van der Waals surface area (Å²) in [6, 6.07) is 11.6. The molecule has 0 radical (unpaired) electrons. The SMILES string of the molecule is Nc1ccccc1C(O)Cc1ccc(F)cc1Br. The fraction of sp³-hybridized carbons (Fsp3) is 0.143. The number of aliphatic hydroxyl groups is 1. The third-order valence-corrected chi connectivity index (χ3v) is 3.52. The molecule has 0 aliphatic carbocycles. The van der Waals surface area contributed by atoms with Crippen LogP contribution in [0.25, 0.3) is 0 Å². The van der Waals surface area contributed by atoms with E-state index in [9.17, 15) is 9.50 Å². The molecule has 0 amide bonds. The maximum absolute atomic E-state index is 13.0. The first-order chi connectivity index (χ1) is 8.58. The second kappa shape index (κ2) is 5.50. The van der Waals surface area contributed by atoms with Crippen LogP contribution in [0.3, 0.4) is 0 Å². The molecule has 3 N–H and O–H groups in total. The maximum Gasteiger partial charge on any atom is 0.124 e. The van der Waals surface area contributed by atoms with Gasteiger partial charge >= 0.3 is 0 Å². The van der Waals surface area contributed by atoms with Gasteiger partial charge in [0.05, 0.1) is 6.10 Å². The minimum Gasteiger partial charge on any atom is -0.398 e. The molecular formula is C14H13BrFNO. The standard InChI is InChI=1S/C14H13BrFNO/c15-12-8-10(16)6-5-9(12)7-14(18)11-3-1-2-4-13(11)17/h1-6,8,14,18H,7,17H2. The predicted octanol–water partition coefficient (Wildman–Crippen LogP) is 3.45. The van der Waals surface area contributed by atoms with Gasteiger partial charge in [-0.15, -0.1) is 0 Å². The van der Waals surface area contributed by atoms with Crippen molar-refractivity contribution >= 4 is 21.6 Å². The van der Waals surface area contributed by atoms with Gasteiger partial charge in [-0.3, -0.25) is 0 Å². The molecule has 4 heteroatoms. The van der Waals surface area contributed by atoms with Gasteiger partial charge in [0.15, 0.2) is 0 Å². The molecule has 0 aliphatic rings. The van der Waals surface area contributed by atoms with Crippen LogP contribution in [0.5, 0.6) is 0 Å². The van der Waals surface area contributed by atoms with E-state index in [0.717, 1.165) is 5.56 Å². The van der Waals surface area contributed by atoms with Crippen LogP contribution in [0.2, 0.25) is 0 Å².